The van der Waals surface area contributed by atoms with Gasteiger partial charge in [-0.1, -0.05) is 48.0 Å². The van der Waals surface area contributed by atoms with Gasteiger partial charge >= 0.3 is 0 Å². The number of rotatable bonds is 4. The highest BCUT2D eigenvalue weighted by Crippen LogP contribution is 2.24. The predicted octanol–water partition coefficient (Wildman–Crippen LogP) is 5.12. The molecule has 2 N–H and O–H groups in total. The van der Waals surface area contributed by atoms with Crippen LogP contribution < -0.4 is 10.6 Å². The summed E-state index contributed by atoms with van der Waals surface area (Å²) in [7, 11) is 0. The highest BCUT2D eigenvalue weighted by Gasteiger charge is 2.15. The number of aromatic nitrogens is 1. The van der Waals surface area contributed by atoms with Crippen LogP contribution in [0.5, 0.6) is 0 Å². The molecule has 0 amide bonds. The van der Waals surface area contributed by atoms with Gasteiger partial charge in [0.15, 0.2) is 5.11 Å². The predicted molar refractivity (Wildman–Crippen MR) is 108 cm³/mol. The summed E-state index contributed by atoms with van der Waals surface area (Å²) in [4.78, 5) is 4.10. The molecule has 0 unspecified atom stereocenters. The van der Waals surface area contributed by atoms with Gasteiger partial charge in [-0.05, 0) is 60.1 Å². The molecule has 0 radical (unpaired) electrons. The highest BCUT2D eigenvalue weighted by atomic mass is 35.5. The molecule has 3 rings (SSSR count). The number of anilines is 1. The number of benzene rings is 2. The summed E-state index contributed by atoms with van der Waals surface area (Å²) in [5.74, 6) is 0. The van der Waals surface area contributed by atoms with Crippen LogP contribution in [-0.2, 0) is 0 Å². The van der Waals surface area contributed by atoms with Crippen LogP contribution in [0.2, 0.25) is 5.02 Å². The lowest BCUT2D eigenvalue weighted by Crippen LogP contribution is -2.33. The molecule has 25 heavy (non-hydrogen) atoms. The van der Waals surface area contributed by atoms with Gasteiger partial charge in [0.25, 0.3) is 0 Å². The van der Waals surface area contributed by atoms with Gasteiger partial charge in [-0.3, -0.25) is 4.98 Å². The summed E-state index contributed by atoms with van der Waals surface area (Å²) in [5.41, 5.74) is 4.08. The second-order valence-corrected chi connectivity index (χ2v) is 6.45. The van der Waals surface area contributed by atoms with E-state index in [9.17, 15) is 0 Å². The Morgan fingerprint density at radius 1 is 0.960 bits per heavy atom. The number of nitrogens with zero attached hydrogens (tertiary/aromatic N) is 1. The molecule has 0 aliphatic carbocycles. The van der Waals surface area contributed by atoms with Gasteiger partial charge in [-0.15, -0.1) is 0 Å². The molecule has 0 spiro atoms. The van der Waals surface area contributed by atoms with Crippen molar-refractivity contribution >= 4 is 34.6 Å². The summed E-state index contributed by atoms with van der Waals surface area (Å²) >= 11 is 11.7. The van der Waals surface area contributed by atoms with Crippen molar-refractivity contribution in [2.75, 3.05) is 5.32 Å². The molecular formula is C20H18ClN3S. The summed E-state index contributed by atoms with van der Waals surface area (Å²) in [6, 6.07) is 19.8. The second kappa shape index (κ2) is 8.10. The van der Waals surface area contributed by atoms with E-state index in [0.29, 0.717) is 10.1 Å². The van der Waals surface area contributed by atoms with Crippen molar-refractivity contribution in [1.82, 2.24) is 10.3 Å². The summed E-state index contributed by atoms with van der Waals surface area (Å²) in [5, 5.41) is 7.88. The van der Waals surface area contributed by atoms with Crippen molar-refractivity contribution in [2.45, 2.75) is 13.0 Å². The van der Waals surface area contributed by atoms with Crippen molar-refractivity contribution in [1.29, 1.82) is 0 Å². The Balaban J connectivity index is 1.83. The van der Waals surface area contributed by atoms with Gasteiger partial charge in [-0.25, -0.2) is 0 Å². The van der Waals surface area contributed by atoms with Crippen molar-refractivity contribution in [3.8, 4) is 0 Å². The topological polar surface area (TPSA) is 37.0 Å². The van der Waals surface area contributed by atoms with E-state index < -0.39 is 0 Å². The smallest absolute Gasteiger partial charge is 0.171 e. The molecule has 1 aromatic heterocycles. The highest BCUT2D eigenvalue weighted by molar-refractivity contribution is 7.80. The lowest BCUT2D eigenvalue weighted by Gasteiger charge is -2.22. The monoisotopic (exact) mass is 367 g/mol. The van der Waals surface area contributed by atoms with Crippen LogP contribution in [-0.4, -0.2) is 10.1 Å². The van der Waals surface area contributed by atoms with E-state index in [1.165, 1.54) is 0 Å². The lowest BCUT2D eigenvalue weighted by molar-refractivity contribution is 0.766. The third-order valence-corrected chi connectivity index (χ3v) is 4.59. The minimum absolute atomic E-state index is 0.0660. The minimum atomic E-state index is -0.0660. The van der Waals surface area contributed by atoms with E-state index in [1.807, 2.05) is 55.5 Å². The van der Waals surface area contributed by atoms with Crippen LogP contribution in [0.15, 0.2) is 73.1 Å². The number of halogens is 1. The van der Waals surface area contributed by atoms with Gasteiger partial charge in [-0.2, -0.15) is 0 Å². The molecule has 1 atom stereocenters. The Morgan fingerprint density at radius 3 is 2.36 bits per heavy atom. The standard InChI is InChI=1S/C20H18ClN3S/c1-14-17(21)8-5-9-18(14)23-20(25)24-19(15-6-3-2-4-7-15)16-10-12-22-13-11-16/h2-13,19H,1H3,(H2,23,24,25)/t19-/m1/s1. The normalized spacial score (nSPS) is 11.6. The van der Waals surface area contributed by atoms with Gasteiger partial charge in [0.2, 0.25) is 0 Å². The Bertz CT molecular complexity index is 814. The molecule has 0 bridgehead atoms. The first kappa shape index (κ1) is 17.4. The fraction of sp³-hybridized carbons (Fsp3) is 0.100. The molecule has 1 heterocycles. The Morgan fingerprint density at radius 2 is 1.64 bits per heavy atom. The summed E-state index contributed by atoms with van der Waals surface area (Å²) in [6.45, 7) is 1.96. The number of nitrogens with one attached hydrogen (secondary N) is 2. The van der Waals surface area contributed by atoms with Crippen LogP contribution in [0.25, 0.3) is 0 Å². The average molecular weight is 368 g/mol. The second-order valence-electron chi connectivity index (χ2n) is 5.64. The molecule has 0 saturated heterocycles. The summed E-state index contributed by atoms with van der Waals surface area (Å²) < 4.78 is 0. The molecule has 0 fully saturated rings. The molecule has 0 saturated carbocycles. The van der Waals surface area contributed by atoms with Crippen LogP contribution in [0.3, 0.4) is 0 Å². The number of thiocarbonyl (C=S) groups is 1. The van der Waals surface area contributed by atoms with Crippen LogP contribution in [0.4, 0.5) is 5.69 Å². The van der Waals surface area contributed by atoms with Crippen LogP contribution in [0.1, 0.15) is 22.7 Å². The molecule has 3 nitrogen and oxygen atoms in total. The van der Waals surface area contributed by atoms with E-state index in [-0.39, 0.29) is 6.04 Å². The van der Waals surface area contributed by atoms with E-state index >= 15 is 0 Å². The van der Waals surface area contributed by atoms with Gasteiger partial charge in [0.1, 0.15) is 0 Å². The van der Waals surface area contributed by atoms with E-state index in [1.54, 1.807) is 12.4 Å². The minimum Gasteiger partial charge on any atom is -0.352 e. The molecule has 5 heteroatoms. The van der Waals surface area contributed by atoms with Crippen molar-refractivity contribution < 1.29 is 0 Å². The zero-order chi connectivity index (χ0) is 17.6. The summed E-state index contributed by atoms with van der Waals surface area (Å²) in [6.07, 6.45) is 3.56. The van der Waals surface area contributed by atoms with Gasteiger partial charge in [0, 0.05) is 23.1 Å². The maximum atomic E-state index is 6.18. The number of pyridine rings is 1. The first-order chi connectivity index (χ1) is 12.1. The molecule has 126 valence electrons. The van der Waals surface area contributed by atoms with E-state index in [4.69, 9.17) is 23.8 Å². The quantitative estimate of drug-likeness (QED) is 0.627. The Hall–Kier alpha value is -2.43. The first-order valence-electron chi connectivity index (χ1n) is 7.92. The number of hydrogen-bond acceptors (Lipinski definition) is 2. The third kappa shape index (κ3) is 4.35. The maximum absolute atomic E-state index is 6.18. The zero-order valence-corrected chi connectivity index (χ0v) is 15.3. The van der Waals surface area contributed by atoms with Gasteiger partial charge < -0.3 is 10.6 Å². The maximum Gasteiger partial charge on any atom is 0.171 e. The Kier molecular flexibility index (Phi) is 5.64. The lowest BCUT2D eigenvalue weighted by atomic mass is 10.00. The Labute approximate surface area is 158 Å². The molecule has 0 aliphatic rings. The number of hydrogen-bond donors (Lipinski definition) is 2. The van der Waals surface area contributed by atoms with Gasteiger partial charge in [0.05, 0.1) is 6.04 Å². The zero-order valence-electron chi connectivity index (χ0n) is 13.7. The molecular weight excluding hydrogens is 350 g/mol. The van der Waals surface area contributed by atoms with Crippen molar-refractivity contribution in [3.05, 3.63) is 94.8 Å². The fourth-order valence-corrected chi connectivity index (χ4v) is 3.00. The largest absolute Gasteiger partial charge is 0.352 e. The molecule has 0 aliphatic heterocycles. The first-order valence-corrected chi connectivity index (χ1v) is 8.71. The SMILES string of the molecule is Cc1c(Cl)cccc1NC(=S)N[C@H](c1ccccc1)c1ccncc1. The molecule has 3 aromatic rings. The van der Waals surface area contributed by atoms with Crippen molar-refractivity contribution in [2.24, 2.45) is 0 Å². The van der Waals surface area contributed by atoms with Crippen molar-refractivity contribution in [3.63, 3.8) is 0 Å². The van der Waals surface area contributed by atoms with Crippen LogP contribution >= 0.6 is 23.8 Å². The van der Waals surface area contributed by atoms with E-state index in [2.05, 4.69) is 27.8 Å². The molecule has 2 aromatic carbocycles. The third-order valence-electron chi connectivity index (χ3n) is 3.96. The van der Waals surface area contributed by atoms with Crippen LogP contribution in [0, 0.1) is 6.92 Å². The van der Waals surface area contributed by atoms with E-state index in [0.717, 1.165) is 22.4 Å². The average Bonchev–Trinajstić information content (AvgIpc) is 2.65. The fourth-order valence-electron chi connectivity index (χ4n) is 2.59.